The Labute approximate surface area is 110 Å². The summed E-state index contributed by atoms with van der Waals surface area (Å²) in [5.41, 5.74) is 3.33. The van der Waals surface area contributed by atoms with Crippen LogP contribution in [0.15, 0.2) is 30.3 Å². The average Bonchev–Trinajstić information content (AvgIpc) is 2.93. The fraction of sp³-hybridized carbons (Fsp3) is 0.286. The maximum Gasteiger partial charge on any atom is 0.275 e. The van der Waals surface area contributed by atoms with Gasteiger partial charge in [0.05, 0.1) is 12.6 Å². The van der Waals surface area contributed by atoms with Crippen molar-refractivity contribution in [1.82, 2.24) is 15.1 Å². The van der Waals surface area contributed by atoms with Crippen molar-refractivity contribution in [3.8, 4) is 0 Å². The van der Waals surface area contributed by atoms with Crippen LogP contribution in [0.3, 0.4) is 0 Å². The number of fused-ring (bicyclic) bond motifs is 1. The molecule has 0 bridgehead atoms. The Morgan fingerprint density at radius 3 is 2.79 bits per heavy atom. The number of amides is 1. The zero-order valence-electron chi connectivity index (χ0n) is 10.6. The molecule has 0 saturated heterocycles. The molecule has 1 amide bonds. The molecule has 1 aromatic carbocycles. The second-order valence-electron chi connectivity index (χ2n) is 4.65. The summed E-state index contributed by atoms with van der Waals surface area (Å²) in [6.45, 7) is 2.17. The normalized spacial score (nSPS) is 17.9. The van der Waals surface area contributed by atoms with Gasteiger partial charge in [-0.15, -0.1) is 0 Å². The first-order chi connectivity index (χ1) is 9.24. The largest absolute Gasteiger partial charge is 0.395 e. The predicted molar refractivity (Wildman–Crippen MR) is 69.7 cm³/mol. The highest BCUT2D eigenvalue weighted by Gasteiger charge is 2.40. The molecule has 0 aliphatic carbocycles. The van der Waals surface area contributed by atoms with Gasteiger partial charge in [-0.3, -0.25) is 9.89 Å². The zero-order chi connectivity index (χ0) is 13.4. The number of benzene rings is 1. The van der Waals surface area contributed by atoms with E-state index in [0.717, 1.165) is 16.8 Å². The Morgan fingerprint density at radius 2 is 2.11 bits per heavy atom. The summed E-state index contributed by atoms with van der Waals surface area (Å²) < 4.78 is 0. The minimum absolute atomic E-state index is 0.0535. The van der Waals surface area contributed by atoms with E-state index in [0.29, 0.717) is 12.2 Å². The van der Waals surface area contributed by atoms with Crippen molar-refractivity contribution in [2.24, 2.45) is 0 Å². The Kier molecular flexibility index (Phi) is 2.83. The van der Waals surface area contributed by atoms with Crippen molar-refractivity contribution in [1.29, 1.82) is 0 Å². The first kappa shape index (κ1) is 11.9. The summed E-state index contributed by atoms with van der Waals surface area (Å²) in [7, 11) is 0. The fourth-order valence-electron chi connectivity index (χ4n) is 2.66. The van der Waals surface area contributed by atoms with Gasteiger partial charge in [-0.25, -0.2) is 0 Å². The van der Waals surface area contributed by atoms with Crippen molar-refractivity contribution < 1.29 is 9.90 Å². The van der Waals surface area contributed by atoms with Crippen LogP contribution < -0.4 is 0 Å². The van der Waals surface area contributed by atoms with Crippen LogP contribution in [0.1, 0.15) is 33.4 Å². The first-order valence-corrected chi connectivity index (χ1v) is 6.25. The smallest absolute Gasteiger partial charge is 0.275 e. The molecule has 1 aliphatic rings. The summed E-state index contributed by atoms with van der Waals surface area (Å²) in [4.78, 5) is 14.0. The molecule has 2 aromatic rings. The van der Waals surface area contributed by atoms with E-state index in [-0.39, 0.29) is 18.6 Å². The maximum absolute atomic E-state index is 12.3. The molecule has 1 aliphatic heterocycles. The van der Waals surface area contributed by atoms with Crippen molar-refractivity contribution in [2.45, 2.75) is 13.0 Å². The molecule has 0 radical (unpaired) electrons. The van der Waals surface area contributed by atoms with Crippen molar-refractivity contribution in [3.05, 3.63) is 52.8 Å². The third-order valence-electron chi connectivity index (χ3n) is 3.50. The number of nitrogens with one attached hydrogen (secondary N) is 1. The number of β-amino-alcohol motifs (C(OH)–C–C–N with tert-alkyl or cyclic N) is 1. The van der Waals surface area contributed by atoms with E-state index in [1.54, 1.807) is 4.90 Å². The highest BCUT2D eigenvalue weighted by atomic mass is 16.3. The van der Waals surface area contributed by atoms with Gasteiger partial charge >= 0.3 is 0 Å². The van der Waals surface area contributed by atoms with Crippen LogP contribution in [0.4, 0.5) is 0 Å². The van der Waals surface area contributed by atoms with Gasteiger partial charge in [-0.1, -0.05) is 30.3 Å². The molecule has 0 saturated carbocycles. The number of carbonyl (C=O) groups excluding carboxylic acids is 1. The predicted octanol–water partition coefficient (Wildman–Crippen LogP) is 1.26. The Morgan fingerprint density at radius 1 is 1.37 bits per heavy atom. The Balaban J connectivity index is 2.13. The van der Waals surface area contributed by atoms with E-state index in [4.69, 9.17) is 0 Å². The number of carbonyl (C=O) groups is 1. The van der Waals surface area contributed by atoms with E-state index in [1.165, 1.54) is 0 Å². The molecular weight excluding hydrogens is 242 g/mol. The maximum atomic E-state index is 12.3. The van der Waals surface area contributed by atoms with Gasteiger partial charge in [0.25, 0.3) is 5.91 Å². The number of hydrogen-bond acceptors (Lipinski definition) is 3. The molecule has 1 unspecified atom stereocenters. The minimum atomic E-state index is -0.158. The Hall–Kier alpha value is -2.14. The number of nitrogens with zero attached hydrogens (tertiary/aromatic N) is 2. The molecule has 5 nitrogen and oxygen atoms in total. The quantitative estimate of drug-likeness (QED) is 0.869. The zero-order valence-corrected chi connectivity index (χ0v) is 10.6. The number of aryl methyl sites for hydroxylation is 1. The van der Waals surface area contributed by atoms with Gasteiger partial charge in [0.2, 0.25) is 0 Å². The third kappa shape index (κ3) is 1.74. The van der Waals surface area contributed by atoms with Crippen LogP contribution in [0.25, 0.3) is 0 Å². The van der Waals surface area contributed by atoms with Gasteiger partial charge in [0, 0.05) is 17.8 Å². The minimum Gasteiger partial charge on any atom is -0.395 e. The second-order valence-corrected chi connectivity index (χ2v) is 4.65. The number of rotatable bonds is 3. The van der Waals surface area contributed by atoms with E-state index in [1.807, 2.05) is 37.3 Å². The molecule has 0 fully saturated rings. The van der Waals surface area contributed by atoms with Crippen LogP contribution in [-0.4, -0.2) is 39.3 Å². The van der Waals surface area contributed by atoms with Gasteiger partial charge in [-0.05, 0) is 12.5 Å². The number of aromatic nitrogens is 2. The molecule has 19 heavy (non-hydrogen) atoms. The summed E-state index contributed by atoms with van der Waals surface area (Å²) in [6, 6.07) is 9.66. The summed E-state index contributed by atoms with van der Waals surface area (Å²) in [5, 5.41) is 16.1. The van der Waals surface area contributed by atoms with Gasteiger partial charge in [-0.2, -0.15) is 5.10 Å². The molecule has 0 spiro atoms. The summed E-state index contributed by atoms with van der Waals surface area (Å²) in [5.74, 6) is -0.123. The van der Waals surface area contributed by atoms with E-state index < -0.39 is 0 Å². The van der Waals surface area contributed by atoms with Crippen LogP contribution in [0, 0.1) is 6.92 Å². The molecule has 5 heteroatoms. The lowest BCUT2D eigenvalue weighted by atomic mass is 9.99. The van der Waals surface area contributed by atoms with Crippen LogP contribution in [0.5, 0.6) is 0 Å². The van der Waals surface area contributed by atoms with Gasteiger partial charge in [0.1, 0.15) is 0 Å². The van der Waals surface area contributed by atoms with E-state index in [9.17, 15) is 9.90 Å². The molecule has 1 atom stereocenters. The SMILES string of the molecule is Cc1[nH]nc2c1C(c1ccccc1)N(CCO)C2=O. The molecule has 98 valence electrons. The first-order valence-electron chi connectivity index (χ1n) is 6.25. The lowest BCUT2D eigenvalue weighted by molar-refractivity contribution is 0.0706. The van der Waals surface area contributed by atoms with Crippen molar-refractivity contribution in [3.63, 3.8) is 0 Å². The highest BCUT2D eigenvalue weighted by molar-refractivity contribution is 5.98. The standard InChI is InChI=1S/C14H15N3O2/c1-9-11-12(16-15-9)14(19)17(7-8-18)13(11)10-5-3-2-4-6-10/h2-6,13,18H,7-8H2,1H3,(H,15,16). The number of aromatic amines is 1. The monoisotopic (exact) mass is 257 g/mol. The fourth-order valence-corrected chi connectivity index (χ4v) is 2.66. The summed E-state index contributed by atoms with van der Waals surface area (Å²) >= 11 is 0. The summed E-state index contributed by atoms with van der Waals surface area (Å²) in [6.07, 6.45) is 0. The molecule has 2 N–H and O–H groups in total. The average molecular weight is 257 g/mol. The molecule has 1 aromatic heterocycles. The van der Waals surface area contributed by atoms with Crippen LogP contribution in [0.2, 0.25) is 0 Å². The number of H-pyrrole nitrogens is 1. The number of aliphatic hydroxyl groups is 1. The third-order valence-corrected chi connectivity index (χ3v) is 3.50. The Bertz CT molecular complexity index is 606. The number of aliphatic hydroxyl groups excluding tert-OH is 1. The lowest BCUT2D eigenvalue weighted by Crippen LogP contribution is -2.32. The molecule has 2 heterocycles. The van der Waals surface area contributed by atoms with Crippen molar-refractivity contribution in [2.75, 3.05) is 13.2 Å². The van der Waals surface area contributed by atoms with Gasteiger partial charge in [0.15, 0.2) is 5.69 Å². The van der Waals surface area contributed by atoms with Gasteiger partial charge < -0.3 is 10.0 Å². The number of hydrogen-bond donors (Lipinski definition) is 2. The van der Waals surface area contributed by atoms with E-state index >= 15 is 0 Å². The molecular formula is C14H15N3O2. The van der Waals surface area contributed by atoms with Crippen molar-refractivity contribution >= 4 is 5.91 Å². The lowest BCUT2D eigenvalue weighted by Gasteiger charge is -2.25. The van der Waals surface area contributed by atoms with E-state index in [2.05, 4.69) is 10.2 Å². The van der Waals surface area contributed by atoms with Crippen LogP contribution >= 0.6 is 0 Å². The van der Waals surface area contributed by atoms with Crippen LogP contribution in [-0.2, 0) is 0 Å². The molecule has 3 rings (SSSR count). The second kappa shape index (κ2) is 4.51. The topological polar surface area (TPSA) is 69.2 Å². The highest BCUT2D eigenvalue weighted by Crippen LogP contribution is 2.38.